The van der Waals surface area contributed by atoms with Crippen molar-refractivity contribution in [1.82, 2.24) is 9.55 Å². The Morgan fingerprint density at radius 2 is 2.25 bits per heavy atom. The van der Waals surface area contributed by atoms with E-state index >= 15 is 0 Å². The van der Waals surface area contributed by atoms with E-state index in [1.165, 1.54) is 0 Å². The van der Waals surface area contributed by atoms with Crippen molar-refractivity contribution in [3.63, 3.8) is 0 Å². The minimum atomic E-state index is 0.681. The van der Waals surface area contributed by atoms with Gasteiger partial charge < -0.3 is 4.98 Å². The third-order valence-corrected chi connectivity index (χ3v) is 3.64. The van der Waals surface area contributed by atoms with Gasteiger partial charge in [-0.2, -0.15) is 0 Å². The Bertz CT molecular complexity index is 574. The molecular formula is C11H10ClIN2S. The maximum absolute atomic E-state index is 6.24. The predicted molar refractivity (Wildman–Crippen MR) is 78.1 cm³/mol. The van der Waals surface area contributed by atoms with Gasteiger partial charge >= 0.3 is 0 Å². The zero-order chi connectivity index (χ0) is 11.7. The van der Waals surface area contributed by atoms with Gasteiger partial charge in [-0.15, -0.1) is 0 Å². The zero-order valence-electron chi connectivity index (χ0n) is 8.63. The Morgan fingerprint density at radius 3 is 2.88 bits per heavy atom. The third-order valence-electron chi connectivity index (χ3n) is 2.37. The number of halogens is 2. The van der Waals surface area contributed by atoms with Crippen molar-refractivity contribution in [3.8, 4) is 5.69 Å². The number of aromatic amines is 1. The molecule has 2 rings (SSSR count). The molecule has 0 amide bonds. The zero-order valence-corrected chi connectivity index (χ0v) is 12.4. The summed E-state index contributed by atoms with van der Waals surface area (Å²) in [5, 5.41) is 0.720. The van der Waals surface area contributed by atoms with Gasteiger partial charge in [-0.25, -0.2) is 0 Å². The largest absolute Gasteiger partial charge is 0.337 e. The summed E-state index contributed by atoms with van der Waals surface area (Å²) in [6.07, 6.45) is 2.84. The van der Waals surface area contributed by atoms with Crippen LogP contribution in [0.1, 0.15) is 12.6 Å². The number of nitrogens with zero attached hydrogens (tertiary/aromatic N) is 1. The van der Waals surface area contributed by atoms with Crippen LogP contribution >= 0.6 is 46.4 Å². The van der Waals surface area contributed by atoms with Crippen molar-refractivity contribution in [2.75, 3.05) is 0 Å². The van der Waals surface area contributed by atoms with Gasteiger partial charge in [0.15, 0.2) is 4.77 Å². The Balaban J connectivity index is 2.67. The molecule has 0 saturated heterocycles. The van der Waals surface area contributed by atoms with E-state index in [0.29, 0.717) is 4.77 Å². The van der Waals surface area contributed by atoms with Gasteiger partial charge in [0.25, 0.3) is 0 Å². The number of aryl methyl sites for hydroxylation is 1. The smallest absolute Gasteiger partial charge is 0.182 e. The summed E-state index contributed by atoms with van der Waals surface area (Å²) in [7, 11) is 0. The van der Waals surface area contributed by atoms with Gasteiger partial charge in [0.1, 0.15) is 0 Å². The van der Waals surface area contributed by atoms with Gasteiger partial charge in [-0.05, 0) is 59.4 Å². The molecule has 0 unspecified atom stereocenters. The fourth-order valence-corrected chi connectivity index (χ4v) is 2.81. The first-order valence-electron chi connectivity index (χ1n) is 4.88. The van der Waals surface area contributed by atoms with E-state index < -0.39 is 0 Å². The standard InChI is InChI=1S/C11H10ClIN2S/c1-2-8-6-14-11(16)15(8)10-4-3-7(13)5-9(10)12/h3-6H,2H2,1H3,(H,14,16). The van der Waals surface area contributed by atoms with E-state index in [4.69, 9.17) is 23.8 Å². The Hall–Kier alpha value is -0.330. The van der Waals surface area contributed by atoms with Gasteiger partial charge in [-0.3, -0.25) is 4.57 Å². The van der Waals surface area contributed by atoms with Crippen LogP contribution in [-0.4, -0.2) is 9.55 Å². The molecule has 0 atom stereocenters. The van der Waals surface area contributed by atoms with Crippen LogP contribution in [0.3, 0.4) is 0 Å². The molecule has 0 aliphatic rings. The molecule has 0 saturated carbocycles. The van der Waals surface area contributed by atoms with Crippen molar-refractivity contribution >= 4 is 46.4 Å². The van der Waals surface area contributed by atoms with E-state index in [9.17, 15) is 0 Å². The molecule has 1 aromatic heterocycles. The summed E-state index contributed by atoms with van der Waals surface area (Å²) in [5.74, 6) is 0. The van der Waals surface area contributed by atoms with E-state index in [2.05, 4.69) is 34.5 Å². The molecular weight excluding hydrogens is 355 g/mol. The fourth-order valence-electron chi connectivity index (χ4n) is 1.59. The maximum atomic E-state index is 6.24. The average molecular weight is 365 g/mol. The second kappa shape index (κ2) is 4.89. The molecule has 84 valence electrons. The van der Waals surface area contributed by atoms with E-state index in [-0.39, 0.29) is 0 Å². The van der Waals surface area contributed by atoms with Crippen LogP contribution in [0.2, 0.25) is 5.02 Å². The lowest BCUT2D eigenvalue weighted by Gasteiger charge is -2.09. The van der Waals surface area contributed by atoms with Crippen molar-refractivity contribution in [3.05, 3.63) is 43.5 Å². The molecule has 0 radical (unpaired) electrons. The van der Waals surface area contributed by atoms with Crippen LogP contribution in [0.15, 0.2) is 24.4 Å². The fraction of sp³-hybridized carbons (Fsp3) is 0.182. The van der Waals surface area contributed by atoms with Crippen molar-refractivity contribution in [1.29, 1.82) is 0 Å². The summed E-state index contributed by atoms with van der Waals surface area (Å²) in [5.41, 5.74) is 2.07. The summed E-state index contributed by atoms with van der Waals surface area (Å²) in [4.78, 5) is 3.05. The molecule has 2 nitrogen and oxygen atoms in total. The monoisotopic (exact) mass is 364 g/mol. The van der Waals surface area contributed by atoms with Gasteiger partial charge in [0.05, 0.1) is 10.7 Å². The number of hydrogen-bond acceptors (Lipinski definition) is 1. The number of H-pyrrole nitrogens is 1. The maximum Gasteiger partial charge on any atom is 0.182 e. The molecule has 0 spiro atoms. The molecule has 1 aromatic carbocycles. The van der Waals surface area contributed by atoms with Crippen molar-refractivity contribution < 1.29 is 0 Å². The molecule has 16 heavy (non-hydrogen) atoms. The summed E-state index contributed by atoms with van der Waals surface area (Å²) >= 11 is 13.7. The highest BCUT2D eigenvalue weighted by molar-refractivity contribution is 14.1. The molecule has 0 bridgehead atoms. The molecule has 1 heterocycles. The molecule has 2 aromatic rings. The molecule has 1 N–H and O–H groups in total. The quantitative estimate of drug-likeness (QED) is 0.620. The number of hydrogen-bond donors (Lipinski definition) is 1. The van der Waals surface area contributed by atoms with Crippen LogP contribution in [0, 0.1) is 8.34 Å². The van der Waals surface area contributed by atoms with E-state index in [0.717, 1.165) is 26.4 Å². The van der Waals surface area contributed by atoms with Gasteiger partial charge in [0, 0.05) is 15.5 Å². The molecule has 0 aliphatic carbocycles. The van der Waals surface area contributed by atoms with Gasteiger partial charge in [-0.1, -0.05) is 18.5 Å². The lowest BCUT2D eigenvalue weighted by atomic mass is 10.3. The third kappa shape index (κ3) is 2.19. The average Bonchev–Trinajstić information content (AvgIpc) is 2.60. The highest BCUT2D eigenvalue weighted by Crippen LogP contribution is 2.24. The van der Waals surface area contributed by atoms with Crippen LogP contribution < -0.4 is 0 Å². The summed E-state index contributed by atoms with van der Waals surface area (Å²) < 4.78 is 3.78. The SMILES string of the molecule is CCc1c[nH]c(=S)n1-c1ccc(I)cc1Cl. The minimum Gasteiger partial charge on any atom is -0.337 e. The lowest BCUT2D eigenvalue weighted by molar-refractivity contribution is 0.922. The second-order valence-electron chi connectivity index (χ2n) is 3.37. The van der Waals surface area contributed by atoms with Crippen molar-refractivity contribution in [2.45, 2.75) is 13.3 Å². The first-order valence-corrected chi connectivity index (χ1v) is 6.74. The van der Waals surface area contributed by atoms with Crippen LogP contribution in [0.5, 0.6) is 0 Å². The number of benzene rings is 1. The van der Waals surface area contributed by atoms with Crippen LogP contribution in [-0.2, 0) is 6.42 Å². The first-order chi connectivity index (χ1) is 7.63. The number of aromatic nitrogens is 2. The second-order valence-corrected chi connectivity index (χ2v) is 5.41. The van der Waals surface area contributed by atoms with E-state index in [1.807, 2.05) is 29.0 Å². The highest BCUT2D eigenvalue weighted by atomic mass is 127. The van der Waals surface area contributed by atoms with Gasteiger partial charge in [0.2, 0.25) is 0 Å². The Morgan fingerprint density at radius 1 is 1.50 bits per heavy atom. The lowest BCUT2D eigenvalue weighted by Crippen LogP contribution is -2.00. The van der Waals surface area contributed by atoms with E-state index in [1.54, 1.807) is 0 Å². The molecule has 0 aliphatic heterocycles. The predicted octanol–water partition coefficient (Wildman–Crippen LogP) is 4.36. The summed E-state index contributed by atoms with van der Waals surface area (Å²) in [6, 6.07) is 5.95. The topological polar surface area (TPSA) is 20.7 Å². The first kappa shape index (κ1) is 12.1. The Kier molecular flexibility index (Phi) is 3.71. The van der Waals surface area contributed by atoms with Crippen LogP contribution in [0.4, 0.5) is 0 Å². The number of rotatable bonds is 2. The normalized spacial score (nSPS) is 10.7. The Labute approximate surface area is 118 Å². The number of imidazole rings is 1. The number of nitrogens with one attached hydrogen (secondary N) is 1. The highest BCUT2D eigenvalue weighted by Gasteiger charge is 2.08. The minimum absolute atomic E-state index is 0.681. The van der Waals surface area contributed by atoms with Crippen LogP contribution in [0.25, 0.3) is 5.69 Å². The van der Waals surface area contributed by atoms with Crippen molar-refractivity contribution in [2.24, 2.45) is 0 Å². The molecule has 5 heteroatoms. The summed E-state index contributed by atoms with van der Waals surface area (Å²) in [6.45, 7) is 2.09. The molecule has 0 fully saturated rings.